The molecule has 1 aromatic heterocycles. The molecule has 3 nitrogen and oxygen atoms in total. The predicted molar refractivity (Wildman–Crippen MR) is 74.3 cm³/mol. The Bertz CT molecular complexity index is 392. The van der Waals surface area contributed by atoms with Gasteiger partial charge in [0.1, 0.15) is 11.6 Å². The molecule has 2 rings (SSSR count). The first-order valence-electron chi connectivity index (χ1n) is 5.93. The topological polar surface area (TPSA) is 51.8 Å². The molecule has 0 amide bonds. The number of aromatic nitrogens is 2. The SMILES string of the molecule is CCc1nc(C2CCC(C)C2)nc(N)c1I. The number of nitrogen functional groups attached to an aromatic ring is 1. The van der Waals surface area contributed by atoms with Gasteiger partial charge in [0, 0.05) is 5.92 Å². The van der Waals surface area contributed by atoms with Crippen LogP contribution >= 0.6 is 22.6 Å². The van der Waals surface area contributed by atoms with Crippen LogP contribution in [0.15, 0.2) is 0 Å². The summed E-state index contributed by atoms with van der Waals surface area (Å²) in [4.78, 5) is 9.13. The maximum atomic E-state index is 5.94. The molecule has 1 aliphatic rings. The molecular weight excluding hydrogens is 313 g/mol. The van der Waals surface area contributed by atoms with E-state index in [0.717, 1.165) is 27.4 Å². The molecule has 0 radical (unpaired) electrons. The molecule has 16 heavy (non-hydrogen) atoms. The third-order valence-corrected chi connectivity index (χ3v) is 4.53. The van der Waals surface area contributed by atoms with E-state index in [1.54, 1.807) is 0 Å². The standard InChI is InChI=1S/C12H18IN3/c1-3-9-10(13)11(14)16-12(15-9)8-5-4-7(2)6-8/h7-8H,3-6H2,1-2H3,(H2,14,15,16). The average Bonchev–Trinajstić information content (AvgIpc) is 2.69. The van der Waals surface area contributed by atoms with E-state index in [9.17, 15) is 0 Å². The number of hydrogen-bond acceptors (Lipinski definition) is 3. The van der Waals surface area contributed by atoms with Crippen molar-refractivity contribution in [2.45, 2.75) is 45.4 Å². The maximum absolute atomic E-state index is 5.94. The Morgan fingerprint density at radius 2 is 2.12 bits per heavy atom. The minimum atomic E-state index is 0.527. The Hall–Kier alpha value is -0.390. The van der Waals surface area contributed by atoms with Gasteiger partial charge in [0.25, 0.3) is 0 Å². The molecule has 0 aromatic carbocycles. The first kappa shape index (κ1) is 12.1. The lowest BCUT2D eigenvalue weighted by Gasteiger charge is -2.12. The lowest BCUT2D eigenvalue weighted by Crippen LogP contribution is -2.09. The van der Waals surface area contributed by atoms with Crippen molar-refractivity contribution in [2.75, 3.05) is 5.73 Å². The number of hydrogen-bond donors (Lipinski definition) is 1. The molecule has 2 atom stereocenters. The third-order valence-electron chi connectivity index (χ3n) is 3.36. The Labute approximate surface area is 110 Å². The van der Waals surface area contributed by atoms with E-state index in [1.165, 1.54) is 19.3 Å². The van der Waals surface area contributed by atoms with Gasteiger partial charge in [0.15, 0.2) is 0 Å². The normalized spacial score (nSPS) is 24.9. The van der Waals surface area contributed by atoms with Gasteiger partial charge in [-0.15, -0.1) is 0 Å². The van der Waals surface area contributed by atoms with Crippen LogP contribution in [0.1, 0.15) is 50.5 Å². The van der Waals surface area contributed by atoms with Gasteiger partial charge in [0.2, 0.25) is 0 Å². The monoisotopic (exact) mass is 331 g/mol. The summed E-state index contributed by atoms with van der Waals surface area (Å²) in [6.07, 6.45) is 4.65. The second-order valence-electron chi connectivity index (χ2n) is 4.70. The highest BCUT2D eigenvalue weighted by atomic mass is 127. The summed E-state index contributed by atoms with van der Waals surface area (Å²) in [5.41, 5.74) is 7.04. The van der Waals surface area contributed by atoms with Crippen molar-refractivity contribution in [3.05, 3.63) is 15.1 Å². The summed E-state index contributed by atoms with van der Waals surface area (Å²) >= 11 is 2.24. The van der Waals surface area contributed by atoms with E-state index in [0.29, 0.717) is 11.7 Å². The van der Waals surface area contributed by atoms with E-state index >= 15 is 0 Å². The zero-order valence-corrected chi connectivity index (χ0v) is 12.0. The van der Waals surface area contributed by atoms with E-state index in [1.807, 2.05) is 0 Å². The van der Waals surface area contributed by atoms with Crippen LogP contribution in [-0.4, -0.2) is 9.97 Å². The zero-order chi connectivity index (χ0) is 11.7. The second kappa shape index (κ2) is 4.85. The smallest absolute Gasteiger partial charge is 0.140 e. The third kappa shape index (κ3) is 2.31. The van der Waals surface area contributed by atoms with Crippen LogP contribution in [0.2, 0.25) is 0 Å². The number of nitrogens with zero attached hydrogens (tertiary/aromatic N) is 2. The quantitative estimate of drug-likeness (QED) is 0.847. The van der Waals surface area contributed by atoms with E-state index in [2.05, 4.69) is 46.4 Å². The highest BCUT2D eigenvalue weighted by Crippen LogP contribution is 2.37. The summed E-state index contributed by atoms with van der Waals surface area (Å²) in [6.45, 7) is 4.42. The van der Waals surface area contributed by atoms with Gasteiger partial charge in [-0.2, -0.15) is 0 Å². The number of rotatable bonds is 2. The van der Waals surface area contributed by atoms with Crippen LogP contribution in [0.4, 0.5) is 5.82 Å². The Kier molecular flexibility index (Phi) is 3.66. The van der Waals surface area contributed by atoms with E-state index in [4.69, 9.17) is 5.73 Å². The van der Waals surface area contributed by atoms with Crippen molar-refractivity contribution in [1.82, 2.24) is 9.97 Å². The number of halogens is 1. The van der Waals surface area contributed by atoms with Crippen molar-refractivity contribution in [2.24, 2.45) is 5.92 Å². The van der Waals surface area contributed by atoms with Crippen LogP contribution in [0.3, 0.4) is 0 Å². The number of nitrogens with two attached hydrogens (primary N) is 1. The van der Waals surface area contributed by atoms with Crippen LogP contribution in [-0.2, 0) is 6.42 Å². The lowest BCUT2D eigenvalue weighted by atomic mass is 10.1. The molecular formula is C12H18IN3. The fourth-order valence-electron chi connectivity index (χ4n) is 2.39. The lowest BCUT2D eigenvalue weighted by molar-refractivity contribution is 0.584. The Morgan fingerprint density at radius 3 is 2.69 bits per heavy atom. The van der Waals surface area contributed by atoms with Crippen molar-refractivity contribution in [1.29, 1.82) is 0 Å². The molecule has 88 valence electrons. The molecule has 4 heteroatoms. The van der Waals surface area contributed by atoms with Crippen LogP contribution in [0.25, 0.3) is 0 Å². The molecule has 1 aromatic rings. The second-order valence-corrected chi connectivity index (χ2v) is 5.78. The molecule has 2 N–H and O–H groups in total. The van der Waals surface area contributed by atoms with Crippen molar-refractivity contribution < 1.29 is 0 Å². The summed E-state index contributed by atoms with van der Waals surface area (Å²) in [5, 5.41) is 0. The summed E-state index contributed by atoms with van der Waals surface area (Å²) < 4.78 is 1.02. The predicted octanol–water partition coefficient (Wildman–Crippen LogP) is 3.13. The zero-order valence-electron chi connectivity index (χ0n) is 9.83. The van der Waals surface area contributed by atoms with Crippen LogP contribution in [0, 0.1) is 9.49 Å². The minimum absolute atomic E-state index is 0.527. The maximum Gasteiger partial charge on any atom is 0.140 e. The molecule has 1 saturated carbocycles. The molecule has 0 bridgehead atoms. The van der Waals surface area contributed by atoms with Crippen LogP contribution in [0.5, 0.6) is 0 Å². The van der Waals surface area contributed by atoms with Gasteiger partial charge in [-0.25, -0.2) is 9.97 Å². The van der Waals surface area contributed by atoms with E-state index in [-0.39, 0.29) is 0 Å². The molecule has 1 heterocycles. The Morgan fingerprint density at radius 1 is 1.38 bits per heavy atom. The number of aryl methyl sites for hydroxylation is 1. The van der Waals surface area contributed by atoms with Gasteiger partial charge in [-0.1, -0.05) is 13.8 Å². The summed E-state index contributed by atoms with van der Waals surface area (Å²) in [5.74, 6) is 2.96. The van der Waals surface area contributed by atoms with Crippen LogP contribution < -0.4 is 5.73 Å². The van der Waals surface area contributed by atoms with Crippen molar-refractivity contribution in [3.8, 4) is 0 Å². The fraction of sp³-hybridized carbons (Fsp3) is 0.667. The van der Waals surface area contributed by atoms with Gasteiger partial charge in [-0.05, 0) is 54.2 Å². The minimum Gasteiger partial charge on any atom is -0.383 e. The molecule has 0 spiro atoms. The first-order chi connectivity index (χ1) is 7.61. The van der Waals surface area contributed by atoms with Gasteiger partial charge < -0.3 is 5.73 Å². The first-order valence-corrected chi connectivity index (χ1v) is 7.01. The summed E-state index contributed by atoms with van der Waals surface area (Å²) in [7, 11) is 0. The highest BCUT2D eigenvalue weighted by Gasteiger charge is 2.26. The van der Waals surface area contributed by atoms with E-state index < -0.39 is 0 Å². The molecule has 1 fully saturated rings. The average molecular weight is 331 g/mol. The van der Waals surface area contributed by atoms with Crippen molar-refractivity contribution >= 4 is 28.4 Å². The Balaban J connectivity index is 2.31. The molecule has 0 saturated heterocycles. The van der Waals surface area contributed by atoms with Crippen molar-refractivity contribution in [3.63, 3.8) is 0 Å². The van der Waals surface area contributed by atoms with Gasteiger partial charge >= 0.3 is 0 Å². The molecule has 1 aliphatic carbocycles. The molecule has 0 aliphatic heterocycles. The fourth-order valence-corrected chi connectivity index (χ4v) is 3.01. The molecule has 2 unspecified atom stereocenters. The highest BCUT2D eigenvalue weighted by molar-refractivity contribution is 14.1. The van der Waals surface area contributed by atoms with Gasteiger partial charge in [-0.3, -0.25) is 0 Å². The number of anilines is 1. The summed E-state index contributed by atoms with van der Waals surface area (Å²) in [6, 6.07) is 0. The van der Waals surface area contributed by atoms with Gasteiger partial charge in [0.05, 0.1) is 9.26 Å². The largest absolute Gasteiger partial charge is 0.383 e.